The number of benzene rings is 2. The zero-order valence-corrected chi connectivity index (χ0v) is 14.4. The Morgan fingerprint density at radius 1 is 1.19 bits per heavy atom. The van der Waals surface area contributed by atoms with Gasteiger partial charge in [0.05, 0.1) is 18.1 Å². The molecule has 1 fully saturated rings. The van der Waals surface area contributed by atoms with Gasteiger partial charge in [-0.15, -0.1) is 0 Å². The fourth-order valence-corrected chi connectivity index (χ4v) is 2.82. The molecule has 8 heteroatoms. The van der Waals surface area contributed by atoms with Crippen LogP contribution in [0.2, 0.25) is 0 Å². The van der Waals surface area contributed by atoms with E-state index in [0.29, 0.717) is 38.2 Å². The van der Waals surface area contributed by atoms with Crippen molar-refractivity contribution in [2.45, 2.75) is 6.10 Å². The fraction of sp³-hybridized carbons (Fsp3) is 0.263. The van der Waals surface area contributed by atoms with Crippen molar-refractivity contribution in [1.82, 2.24) is 4.90 Å². The average Bonchev–Trinajstić information content (AvgIpc) is 2.72. The van der Waals surface area contributed by atoms with Crippen LogP contribution in [0, 0.1) is 10.1 Å². The maximum absolute atomic E-state index is 13.0. The molecule has 0 saturated carbocycles. The minimum Gasteiger partial charge on any atom is -0.469 e. The minimum atomic E-state index is -1.04. The molecule has 0 radical (unpaired) electrons. The molecule has 0 N–H and O–H groups in total. The Kier molecular flexibility index (Phi) is 5.77. The summed E-state index contributed by atoms with van der Waals surface area (Å²) in [6.07, 6.45) is -0.519. The van der Waals surface area contributed by atoms with E-state index < -0.39 is 11.0 Å². The van der Waals surface area contributed by atoms with Gasteiger partial charge in [0, 0.05) is 30.3 Å². The van der Waals surface area contributed by atoms with Crippen molar-refractivity contribution in [2.24, 2.45) is 0 Å². The lowest BCUT2D eigenvalue weighted by Crippen LogP contribution is -2.44. The largest absolute Gasteiger partial charge is 0.469 e. The number of amides is 1. The molecule has 27 heavy (non-hydrogen) atoms. The second kappa shape index (κ2) is 8.41. The van der Waals surface area contributed by atoms with Gasteiger partial charge in [-0.25, -0.2) is 0 Å². The van der Waals surface area contributed by atoms with Crippen LogP contribution >= 0.6 is 0 Å². The topological polar surface area (TPSA) is 99.0 Å². The van der Waals surface area contributed by atoms with Crippen LogP contribution in [-0.4, -0.2) is 48.3 Å². The lowest BCUT2D eigenvalue weighted by Gasteiger charge is -2.30. The Balaban J connectivity index is 1.95. The van der Waals surface area contributed by atoms with Crippen LogP contribution in [0.5, 0.6) is 5.75 Å². The summed E-state index contributed by atoms with van der Waals surface area (Å²) in [5.41, 5.74) is 0.378. The monoisotopic (exact) mass is 370 g/mol. The standard InChI is InChI=1S/C19H18N2O6/c22-13-14-6-7-17(16(12-14)21(24)25)27-18(15-4-2-1-3-5-15)19(23)20-8-10-26-11-9-20/h1-7,12-13,18H,8-11H2/t18-/m0/s1. The maximum Gasteiger partial charge on any atom is 0.311 e. The summed E-state index contributed by atoms with van der Waals surface area (Å²) in [6, 6.07) is 12.7. The van der Waals surface area contributed by atoms with E-state index in [2.05, 4.69) is 0 Å². The molecule has 0 bridgehead atoms. The number of aldehydes is 1. The number of carbonyl (C=O) groups excluding carboxylic acids is 2. The summed E-state index contributed by atoms with van der Waals surface area (Å²) >= 11 is 0. The average molecular weight is 370 g/mol. The number of hydrogen-bond acceptors (Lipinski definition) is 6. The highest BCUT2D eigenvalue weighted by Crippen LogP contribution is 2.32. The van der Waals surface area contributed by atoms with Crippen molar-refractivity contribution < 1.29 is 24.0 Å². The lowest BCUT2D eigenvalue weighted by atomic mass is 10.1. The third-order valence-electron chi connectivity index (χ3n) is 4.21. The van der Waals surface area contributed by atoms with Gasteiger partial charge >= 0.3 is 5.69 Å². The van der Waals surface area contributed by atoms with Crippen LogP contribution in [0.3, 0.4) is 0 Å². The van der Waals surface area contributed by atoms with Crippen LogP contribution in [0.25, 0.3) is 0 Å². The van der Waals surface area contributed by atoms with Crippen LogP contribution in [0.1, 0.15) is 22.0 Å². The first kappa shape index (κ1) is 18.5. The van der Waals surface area contributed by atoms with E-state index in [1.54, 1.807) is 35.2 Å². The molecule has 140 valence electrons. The molecule has 1 heterocycles. The Hall–Kier alpha value is -3.26. The summed E-state index contributed by atoms with van der Waals surface area (Å²) < 4.78 is 11.1. The summed E-state index contributed by atoms with van der Waals surface area (Å²) in [4.78, 5) is 36.3. The molecule has 0 aromatic heterocycles. The van der Waals surface area contributed by atoms with Crippen LogP contribution in [0.15, 0.2) is 48.5 Å². The molecule has 1 atom stereocenters. The smallest absolute Gasteiger partial charge is 0.311 e. The second-order valence-corrected chi connectivity index (χ2v) is 5.95. The molecule has 2 aromatic rings. The first-order valence-electron chi connectivity index (χ1n) is 8.42. The van der Waals surface area contributed by atoms with Gasteiger partial charge < -0.3 is 14.4 Å². The Bertz CT molecular complexity index is 833. The van der Waals surface area contributed by atoms with Crippen molar-refractivity contribution in [3.05, 3.63) is 69.8 Å². The van der Waals surface area contributed by atoms with Gasteiger partial charge in [-0.05, 0) is 12.1 Å². The molecule has 1 aliphatic heterocycles. The Morgan fingerprint density at radius 2 is 1.89 bits per heavy atom. The lowest BCUT2D eigenvalue weighted by molar-refractivity contribution is -0.386. The zero-order valence-electron chi connectivity index (χ0n) is 14.4. The fourth-order valence-electron chi connectivity index (χ4n) is 2.82. The van der Waals surface area contributed by atoms with Crippen molar-refractivity contribution in [2.75, 3.05) is 26.3 Å². The predicted octanol–water partition coefficient (Wildman–Crippen LogP) is 2.39. The number of nitro benzene ring substituents is 1. The van der Waals surface area contributed by atoms with Crippen LogP contribution in [-0.2, 0) is 9.53 Å². The summed E-state index contributed by atoms with van der Waals surface area (Å²) in [5, 5.41) is 11.4. The van der Waals surface area contributed by atoms with Gasteiger partial charge in [-0.3, -0.25) is 19.7 Å². The van der Waals surface area contributed by atoms with Gasteiger partial charge in [0.15, 0.2) is 5.75 Å². The van der Waals surface area contributed by atoms with E-state index >= 15 is 0 Å². The van der Waals surface area contributed by atoms with Crippen molar-refractivity contribution >= 4 is 17.9 Å². The van der Waals surface area contributed by atoms with Crippen LogP contribution < -0.4 is 4.74 Å². The van der Waals surface area contributed by atoms with Crippen molar-refractivity contribution in [3.8, 4) is 5.75 Å². The molecule has 2 aromatic carbocycles. The molecule has 0 spiro atoms. The van der Waals surface area contributed by atoms with Crippen molar-refractivity contribution in [3.63, 3.8) is 0 Å². The predicted molar refractivity (Wildman–Crippen MR) is 95.7 cm³/mol. The van der Waals surface area contributed by atoms with Gasteiger partial charge in [0.25, 0.3) is 5.91 Å². The molecular formula is C19H18N2O6. The molecule has 1 saturated heterocycles. The minimum absolute atomic E-state index is 0.0685. The van der Waals surface area contributed by atoms with Gasteiger partial charge in [0.1, 0.15) is 6.29 Å². The normalized spacial score (nSPS) is 15.0. The quantitative estimate of drug-likeness (QED) is 0.440. The molecule has 0 unspecified atom stereocenters. The number of ether oxygens (including phenoxy) is 2. The van der Waals surface area contributed by atoms with E-state index in [1.165, 1.54) is 12.1 Å². The first-order valence-corrected chi connectivity index (χ1v) is 8.42. The van der Waals surface area contributed by atoms with Crippen LogP contribution in [0.4, 0.5) is 5.69 Å². The second-order valence-electron chi connectivity index (χ2n) is 5.95. The number of hydrogen-bond donors (Lipinski definition) is 0. The molecule has 3 rings (SSSR count). The SMILES string of the molecule is O=Cc1ccc(O[C@H](C(=O)N2CCOCC2)c2ccccc2)c([N+](=O)[O-])c1. The van der Waals surface area contributed by atoms with Gasteiger partial charge in [-0.2, -0.15) is 0 Å². The Morgan fingerprint density at radius 3 is 2.52 bits per heavy atom. The Labute approximate surface area is 155 Å². The van der Waals surface area contributed by atoms with E-state index in [1.807, 2.05) is 0 Å². The summed E-state index contributed by atoms with van der Waals surface area (Å²) in [6.45, 7) is 1.72. The van der Waals surface area contributed by atoms with E-state index in [4.69, 9.17) is 9.47 Å². The molecule has 0 aliphatic carbocycles. The van der Waals surface area contributed by atoms with Gasteiger partial charge in [-0.1, -0.05) is 30.3 Å². The maximum atomic E-state index is 13.0. The molecule has 1 amide bonds. The van der Waals surface area contributed by atoms with E-state index in [9.17, 15) is 19.7 Å². The number of rotatable bonds is 6. The third-order valence-corrected chi connectivity index (χ3v) is 4.21. The first-order chi connectivity index (χ1) is 13.1. The zero-order chi connectivity index (χ0) is 19.2. The number of carbonyl (C=O) groups is 2. The van der Waals surface area contributed by atoms with E-state index in [-0.39, 0.29) is 22.9 Å². The summed E-state index contributed by atoms with van der Waals surface area (Å²) in [7, 11) is 0. The molecule has 8 nitrogen and oxygen atoms in total. The number of nitro groups is 1. The number of nitrogens with zero attached hydrogens (tertiary/aromatic N) is 2. The summed E-state index contributed by atoms with van der Waals surface area (Å²) in [5.74, 6) is -0.362. The molecular weight excluding hydrogens is 352 g/mol. The molecule has 1 aliphatic rings. The van der Waals surface area contributed by atoms with Gasteiger partial charge in [0.2, 0.25) is 6.10 Å². The number of morpholine rings is 1. The highest BCUT2D eigenvalue weighted by molar-refractivity contribution is 5.83. The highest BCUT2D eigenvalue weighted by atomic mass is 16.6. The third kappa shape index (κ3) is 4.29. The van der Waals surface area contributed by atoms with Crippen molar-refractivity contribution in [1.29, 1.82) is 0 Å². The highest BCUT2D eigenvalue weighted by Gasteiger charge is 2.31. The van der Waals surface area contributed by atoms with E-state index in [0.717, 1.165) is 6.07 Å².